The second-order valence-electron chi connectivity index (χ2n) is 38.9. The van der Waals surface area contributed by atoms with Gasteiger partial charge in [-0.3, -0.25) is 0 Å². The van der Waals surface area contributed by atoms with Gasteiger partial charge in [-0.15, -0.1) is 0 Å². The molecule has 4 unspecified atom stereocenters. The Hall–Kier alpha value is -7.76. The summed E-state index contributed by atoms with van der Waals surface area (Å²) in [7, 11) is 0. The molecule has 9 aromatic rings. The average Bonchev–Trinajstić information content (AvgIpc) is 0.934. The number of allylic oxidation sites excluding steroid dienone is 8. The van der Waals surface area contributed by atoms with Gasteiger partial charge in [0.15, 0.2) is 0 Å². The highest BCUT2D eigenvalue weighted by atomic mass is 15.3. The van der Waals surface area contributed by atoms with Crippen molar-refractivity contribution in [2.24, 2.45) is 29.6 Å². The smallest absolute Gasteiger partial charge is 0.252 e. The van der Waals surface area contributed by atoms with Gasteiger partial charge in [0.1, 0.15) is 0 Å². The lowest BCUT2D eigenvalue weighted by Crippen LogP contribution is -2.69. The third-order valence-electron chi connectivity index (χ3n) is 27.2. The lowest BCUT2D eigenvalue weighted by molar-refractivity contribution is 0.0230. The molecule has 0 radical (unpaired) electrons. The Kier molecular flexibility index (Phi) is 17.0. The number of fused-ring (bicyclic) bond motifs is 10. The van der Waals surface area contributed by atoms with E-state index in [0.29, 0.717) is 23.7 Å². The van der Waals surface area contributed by atoms with Crippen LogP contribution in [0.2, 0.25) is 0 Å². The molecule has 6 aliphatic carbocycles. The molecule has 5 heteroatoms. The fourth-order valence-electron chi connectivity index (χ4n) is 21.5. The van der Waals surface area contributed by atoms with Gasteiger partial charge in [-0.2, -0.15) is 0 Å². The third-order valence-corrected chi connectivity index (χ3v) is 27.2. The molecule has 2 aromatic heterocycles. The van der Waals surface area contributed by atoms with E-state index in [-0.39, 0.29) is 51.3 Å². The van der Waals surface area contributed by atoms with Crippen molar-refractivity contribution in [1.82, 2.24) is 9.13 Å². The molecular formula is C99H117BN4. The highest BCUT2D eigenvalue weighted by Gasteiger charge is 2.58. The molecule has 4 nitrogen and oxygen atoms in total. The number of hydrogen-bond donors (Lipinski definition) is 0. The molecule has 536 valence electrons. The van der Waals surface area contributed by atoms with Gasteiger partial charge in [0.2, 0.25) is 0 Å². The summed E-state index contributed by atoms with van der Waals surface area (Å²) < 4.78 is 5.33. The Balaban J connectivity index is 1.00. The molecule has 3 saturated carbocycles. The van der Waals surface area contributed by atoms with Crippen LogP contribution in [-0.4, -0.2) is 27.4 Å². The summed E-state index contributed by atoms with van der Waals surface area (Å²) in [5, 5.41) is 5.35. The maximum Gasteiger partial charge on any atom is 0.252 e. The van der Waals surface area contributed by atoms with Crippen LogP contribution >= 0.6 is 0 Å². The molecule has 0 amide bonds. The van der Waals surface area contributed by atoms with Crippen molar-refractivity contribution >= 4 is 89.5 Å². The predicted octanol–water partition coefficient (Wildman–Crippen LogP) is 25.2. The summed E-state index contributed by atoms with van der Waals surface area (Å²) in [6.45, 7) is 38.9. The molecule has 8 aliphatic rings. The van der Waals surface area contributed by atoms with E-state index >= 15 is 0 Å². The van der Waals surface area contributed by atoms with Crippen molar-refractivity contribution < 1.29 is 0 Å². The van der Waals surface area contributed by atoms with Crippen molar-refractivity contribution in [3.05, 3.63) is 221 Å². The summed E-state index contributed by atoms with van der Waals surface area (Å²) in [5.74, 6) is 2.56. The Morgan fingerprint density at radius 1 is 0.413 bits per heavy atom. The zero-order valence-electron chi connectivity index (χ0n) is 66.1. The topological polar surface area (TPSA) is 16.3 Å². The number of aromatic nitrogens is 2. The van der Waals surface area contributed by atoms with Crippen molar-refractivity contribution in [2.75, 3.05) is 9.80 Å². The normalized spacial score (nSPS) is 22.9. The van der Waals surface area contributed by atoms with E-state index in [1.54, 1.807) is 0 Å². The van der Waals surface area contributed by atoms with E-state index < -0.39 is 0 Å². The largest absolute Gasteiger partial charge is 0.336 e. The molecule has 104 heavy (non-hydrogen) atoms. The van der Waals surface area contributed by atoms with E-state index in [1.807, 2.05) is 0 Å². The van der Waals surface area contributed by atoms with Crippen molar-refractivity contribution in [3.8, 4) is 11.4 Å². The molecule has 0 bridgehead atoms. The summed E-state index contributed by atoms with van der Waals surface area (Å²) in [5.41, 5.74) is 28.4. The Bertz CT molecular complexity index is 4940. The highest BCUT2D eigenvalue weighted by molar-refractivity contribution is 7.00. The fourth-order valence-corrected chi connectivity index (χ4v) is 21.5. The van der Waals surface area contributed by atoms with Crippen LogP contribution in [0.25, 0.3) is 55.0 Å². The fraction of sp³-hybridized carbons (Fsp3) is 0.455. The third kappa shape index (κ3) is 11.6. The quantitative estimate of drug-likeness (QED) is 0.141. The summed E-state index contributed by atoms with van der Waals surface area (Å²) in [6.07, 6.45) is 44.1. The first-order valence-electron chi connectivity index (χ1n) is 41.0. The molecule has 3 fully saturated rings. The van der Waals surface area contributed by atoms with Gasteiger partial charge < -0.3 is 18.9 Å². The van der Waals surface area contributed by atoms with Crippen molar-refractivity contribution in [2.45, 2.75) is 259 Å². The van der Waals surface area contributed by atoms with E-state index in [4.69, 9.17) is 0 Å². The Morgan fingerprint density at radius 3 is 1.34 bits per heavy atom. The van der Waals surface area contributed by atoms with E-state index in [2.05, 4.69) is 306 Å². The minimum absolute atomic E-state index is 0.00252. The summed E-state index contributed by atoms with van der Waals surface area (Å²) in [6, 6.07) is 51.2. The summed E-state index contributed by atoms with van der Waals surface area (Å²) in [4.78, 5) is 6.21. The van der Waals surface area contributed by atoms with Crippen molar-refractivity contribution in [1.29, 1.82) is 0 Å². The van der Waals surface area contributed by atoms with Crippen molar-refractivity contribution in [3.63, 3.8) is 0 Å². The molecule has 0 N–H and O–H groups in total. The number of nitrogens with zero attached hydrogens (tertiary/aromatic N) is 4. The van der Waals surface area contributed by atoms with Crippen LogP contribution in [0.1, 0.15) is 248 Å². The van der Waals surface area contributed by atoms with Crippen LogP contribution in [0.15, 0.2) is 193 Å². The van der Waals surface area contributed by atoms with Gasteiger partial charge in [-0.25, -0.2) is 0 Å². The first-order valence-corrected chi connectivity index (χ1v) is 41.0. The van der Waals surface area contributed by atoms with Gasteiger partial charge in [0.25, 0.3) is 6.71 Å². The SMILES string of the molecule is CC(C)(C)c1cc2c3c(c1)N(C1(C)C(C4CCCCC4)CCCC1C1CCCCC1)c1cc(-n4c5ccc(C(C)(C)C)cc5c5cc(C(C)(C)C)ccc54)ccc1B3c1ccc(-n3c4ccc(C(C)(C)C)cc4c4cc(C(C)(C)C)ccc43)cc1N2C1C(C2=CC=CCC2)=CC=CC1C1=CCCC=C1. The number of benzene rings is 7. The molecule has 17 rings (SSSR count). The highest BCUT2D eigenvalue weighted by Crippen LogP contribution is 2.59. The van der Waals surface area contributed by atoms with Crippen LogP contribution < -0.4 is 26.2 Å². The molecule has 4 atom stereocenters. The standard InChI is InChI=1S/C99H117BN4/c1-94(2,3)67-43-51-84-76(55-67)77-56-68(95(4,5)6)44-52-85(77)101(84)72-47-49-82-88(61-72)103(93-74(63-31-21-17-22-32-63)39-29-40-75(93)64-33-23-18-24-34-64)90-59-71(98(13,14)15)60-91-92(90)100(82)83-50-48-73(102-86-53-45-69(96(7,8)9)57-78(86)79-58-70(97(10,11)12)46-54-87(79)102)62-89(83)104(91)99(16)80(65-35-25-19-26-36-65)41-30-42-81(99)66-37-27-20-28-38-66/h17,21,23,29,31,33-34,39-40,43-62,65-66,75,80-81,93H,18-20,22,24-28,30,32,35-38,41-42H2,1-16H3. The van der Waals surface area contributed by atoms with Gasteiger partial charge in [0, 0.05) is 67.1 Å². The van der Waals surface area contributed by atoms with E-state index in [0.717, 1.165) is 25.7 Å². The van der Waals surface area contributed by atoms with Gasteiger partial charge in [-0.05, 0) is 242 Å². The van der Waals surface area contributed by atoms with Gasteiger partial charge in [0.05, 0.1) is 28.1 Å². The number of rotatable bonds is 8. The first kappa shape index (κ1) is 69.3. The van der Waals surface area contributed by atoms with Gasteiger partial charge in [-0.1, -0.05) is 266 Å². The second kappa shape index (κ2) is 25.5. The zero-order chi connectivity index (χ0) is 72.3. The maximum atomic E-state index is 3.21. The van der Waals surface area contributed by atoms with Crippen LogP contribution in [0.3, 0.4) is 0 Å². The van der Waals surface area contributed by atoms with Crippen LogP contribution in [0, 0.1) is 29.6 Å². The van der Waals surface area contributed by atoms with Crippen LogP contribution in [-0.2, 0) is 27.1 Å². The lowest BCUT2D eigenvalue weighted by Gasteiger charge is -2.61. The van der Waals surface area contributed by atoms with Gasteiger partial charge >= 0.3 is 0 Å². The van der Waals surface area contributed by atoms with E-state index in [9.17, 15) is 0 Å². The molecule has 4 heterocycles. The predicted molar refractivity (Wildman–Crippen MR) is 450 cm³/mol. The maximum absolute atomic E-state index is 3.21. The molecule has 0 spiro atoms. The molecule has 7 aromatic carbocycles. The molecular weight excluding hydrogens is 1260 g/mol. The second-order valence-corrected chi connectivity index (χ2v) is 38.9. The first-order chi connectivity index (χ1) is 49.6. The molecule has 0 saturated heterocycles. The number of anilines is 4. The zero-order valence-corrected chi connectivity index (χ0v) is 66.1. The minimum Gasteiger partial charge on any atom is -0.336 e. The lowest BCUT2D eigenvalue weighted by atomic mass is 9.33. The average molecular weight is 1370 g/mol. The van der Waals surface area contributed by atoms with Crippen LogP contribution in [0.5, 0.6) is 0 Å². The summed E-state index contributed by atoms with van der Waals surface area (Å²) >= 11 is 0. The minimum atomic E-state index is -0.182. The Morgan fingerprint density at radius 2 is 0.885 bits per heavy atom. The van der Waals surface area contributed by atoms with E-state index in [1.165, 1.54) is 222 Å². The Labute approximate surface area is 624 Å². The number of hydrogen-bond acceptors (Lipinski definition) is 2. The van der Waals surface area contributed by atoms with Crippen LogP contribution in [0.4, 0.5) is 22.7 Å². The monoisotopic (exact) mass is 1370 g/mol. The molecule has 2 aliphatic heterocycles.